The molecule has 1 N–H and O–H groups in total. The molecule has 0 saturated carbocycles. The number of aromatic nitrogens is 1. The molecule has 7 heteroatoms. The lowest BCUT2D eigenvalue weighted by molar-refractivity contribution is 0.0209. The molecule has 31 heavy (non-hydrogen) atoms. The predicted molar refractivity (Wildman–Crippen MR) is 120 cm³/mol. The second-order valence-corrected chi connectivity index (χ2v) is 8.42. The number of hydrogen-bond acceptors (Lipinski definition) is 4. The van der Waals surface area contributed by atoms with E-state index in [1.807, 2.05) is 35.2 Å². The fourth-order valence-electron chi connectivity index (χ4n) is 4.65. The first-order valence-electron chi connectivity index (χ1n) is 11.5. The summed E-state index contributed by atoms with van der Waals surface area (Å²) < 4.78 is 5.51. The number of fused-ring (bicyclic) bond motifs is 1. The summed E-state index contributed by atoms with van der Waals surface area (Å²) in [6.07, 6.45) is 6.04. The lowest BCUT2D eigenvalue weighted by Crippen LogP contribution is -2.56. The van der Waals surface area contributed by atoms with E-state index >= 15 is 0 Å². The fraction of sp³-hybridized carbons (Fsp3) is 0.542. The summed E-state index contributed by atoms with van der Waals surface area (Å²) >= 11 is 0. The highest BCUT2D eigenvalue weighted by molar-refractivity contribution is 5.98. The number of rotatable bonds is 5. The van der Waals surface area contributed by atoms with Crippen molar-refractivity contribution in [1.29, 1.82) is 0 Å². The van der Waals surface area contributed by atoms with E-state index in [0.29, 0.717) is 38.4 Å². The Bertz CT molecular complexity index is 905. The van der Waals surface area contributed by atoms with Gasteiger partial charge in [0.1, 0.15) is 0 Å². The average molecular weight is 425 g/mol. The Morgan fingerprint density at radius 2 is 1.87 bits per heavy atom. The Balaban J connectivity index is 1.42. The molecule has 166 valence electrons. The topological polar surface area (TPSA) is 74.8 Å². The van der Waals surface area contributed by atoms with Crippen molar-refractivity contribution in [2.24, 2.45) is 0 Å². The van der Waals surface area contributed by atoms with Crippen LogP contribution >= 0.6 is 0 Å². The van der Waals surface area contributed by atoms with Gasteiger partial charge in [0.25, 0.3) is 5.91 Å². The van der Waals surface area contributed by atoms with Crippen LogP contribution in [-0.4, -0.2) is 71.7 Å². The largest absolute Gasteiger partial charge is 0.381 e. The van der Waals surface area contributed by atoms with E-state index in [4.69, 9.17) is 4.74 Å². The zero-order valence-corrected chi connectivity index (χ0v) is 18.3. The van der Waals surface area contributed by atoms with Crippen molar-refractivity contribution in [3.05, 3.63) is 42.1 Å². The first-order valence-corrected chi connectivity index (χ1v) is 11.5. The molecule has 4 rings (SSSR count). The highest BCUT2D eigenvalue weighted by atomic mass is 16.5. The van der Waals surface area contributed by atoms with Crippen molar-refractivity contribution in [3.8, 4) is 0 Å². The number of piperidine rings is 1. The van der Waals surface area contributed by atoms with Gasteiger partial charge in [-0.25, -0.2) is 4.79 Å². The number of nitrogens with zero attached hydrogens (tertiary/aromatic N) is 3. The molecule has 3 heterocycles. The first kappa shape index (κ1) is 21.6. The number of pyridine rings is 1. The quantitative estimate of drug-likeness (QED) is 0.798. The molecule has 0 unspecified atom stereocenters. The number of likely N-dealkylation sites (tertiary alicyclic amines) is 1. The lowest BCUT2D eigenvalue weighted by Gasteiger charge is -2.43. The van der Waals surface area contributed by atoms with Gasteiger partial charge >= 0.3 is 6.03 Å². The molecule has 7 nitrogen and oxygen atoms in total. The molecule has 2 aromatic rings. The van der Waals surface area contributed by atoms with Gasteiger partial charge in [-0.3, -0.25) is 9.78 Å². The third kappa shape index (κ3) is 4.98. The van der Waals surface area contributed by atoms with Crippen LogP contribution in [0.15, 0.2) is 36.5 Å². The Kier molecular flexibility index (Phi) is 7.02. The van der Waals surface area contributed by atoms with Crippen LogP contribution in [0.5, 0.6) is 0 Å². The van der Waals surface area contributed by atoms with E-state index in [-0.39, 0.29) is 24.0 Å². The molecule has 0 spiro atoms. The summed E-state index contributed by atoms with van der Waals surface area (Å²) in [5, 5.41) is 4.04. The normalized spacial score (nSPS) is 18.2. The molecule has 0 atom stereocenters. The number of nitrogens with one attached hydrogen (secondary N) is 1. The van der Waals surface area contributed by atoms with Gasteiger partial charge in [0.05, 0.1) is 5.52 Å². The van der Waals surface area contributed by atoms with Crippen LogP contribution in [0.1, 0.15) is 49.4 Å². The maximum absolute atomic E-state index is 13.1. The molecule has 0 bridgehead atoms. The number of urea groups is 1. The van der Waals surface area contributed by atoms with Crippen LogP contribution in [0, 0.1) is 0 Å². The molecule has 0 radical (unpaired) electrons. The Hall–Kier alpha value is -2.67. The van der Waals surface area contributed by atoms with Crippen LogP contribution < -0.4 is 5.32 Å². The van der Waals surface area contributed by atoms with Gasteiger partial charge in [-0.15, -0.1) is 0 Å². The summed E-state index contributed by atoms with van der Waals surface area (Å²) in [6, 6.07) is 9.94. The van der Waals surface area contributed by atoms with Crippen LogP contribution in [0.4, 0.5) is 4.79 Å². The summed E-state index contributed by atoms with van der Waals surface area (Å²) in [7, 11) is 0. The monoisotopic (exact) mass is 424 g/mol. The standard InChI is InChI=1S/C24H32N4O3/c1-2-11-26-24(30)28(21-9-15-31-16-10-21)20-7-13-27(14-8-20)23(29)19-5-6-22-18(17-19)4-3-12-25-22/h3-6,12,17,20-21H,2,7-11,13-16H2,1H3,(H,26,30). The maximum Gasteiger partial charge on any atom is 0.317 e. The Labute approximate surface area is 183 Å². The van der Waals surface area contributed by atoms with E-state index in [9.17, 15) is 9.59 Å². The second-order valence-electron chi connectivity index (χ2n) is 8.42. The zero-order chi connectivity index (χ0) is 21.6. The number of hydrogen-bond donors (Lipinski definition) is 1. The van der Waals surface area contributed by atoms with Gasteiger partial charge in [0.15, 0.2) is 0 Å². The minimum Gasteiger partial charge on any atom is -0.381 e. The van der Waals surface area contributed by atoms with Gasteiger partial charge in [0.2, 0.25) is 0 Å². The zero-order valence-electron chi connectivity index (χ0n) is 18.3. The second kappa shape index (κ2) is 10.1. The van der Waals surface area contributed by atoms with Gasteiger partial charge < -0.3 is 19.9 Å². The average Bonchev–Trinajstić information content (AvgIpc) is 2.83. The van der Waals surface area contributed by atoms with E-state index in [2.05, 4.69) is 22.1 Å². The van der Waals surface area contributed by atoms with E-state index in [0.717, 1.165) is 43.0 Å². The van der Waals surface area contributed by atoms with Gasteiger partial charge in [-0.05, 0) is 56.4 Å². The fourth-order valence-corrected chi connectivity index (χ4v) is 4.65. The lowest BCUT2D eigenvalue weighted by atomic mass is 9.97. The van der Waals surface area contributed by atoms with Crippen molar-refractivity contribution in [1.82, 2.24) is 20.1 Å². The summed E-state index contributed by atoms with van der Waals surface area (Å²) in [6.45, 7) is 5.48. The van der Waals surface area contributed by atoms with Gasteiger partial charge in [-0.1, -0.05) is 13.0 Å². The van der Waals surface area contributed by atoms with Crippen LogP contribution in [0.25, 0.3) is 10.9 Å². The number of benzene rings is 1. The summed E-state index contributed by atoms with van der Waals surface area (Å²) in [5.41, 5.74) is 1.59. The van der Waals surface area contributed by atoms with E-state index in [1.54, 1.807) is 6.20 Å². The molecule has 2 fully saturated rings. The summed E-state index contributed by atoms with van der Waals surface area (Å²) in [5.74, 6) is 0.0530. The number of ether oxygens (including phenoxy) is 1. The number of carbonyl (C=O) groups is 2. The maximum atomic E-state index is 13.1. The van der Waals surface area contributed by atoms with Crippen molar-refractivity contribution < 1.29 is 14.3 Å². The highest BCUT2D eigenvalue weighted by Crippen LogP contribution is 2.25. The molecule has 2 aliphatic rings. The van der Waals surface area contributed by atoms with Crippen molar-refractivity contribution in [2.75, 3.05) is 32.8 Å². The van der Waals surface area contributed by atoms with Gasteiger partial charge in [0, 0.05) is 62.1 Å². The van der Waals surface area contributed by atoms with Crippen molar-refractivity contribution in [3.63, 3.8) is 0 Å². The highest BCUT2D eigenvalue weighted by Gasteiger charge is 2.35. The van der Waals surface area contributed by atoms with Crippen LogP contribution in [0.3, 0.4) is 0 Å². The Morgan fingerprint density at radius 3 is 2.61 bits per heavy atom. The van der Waals surface area contributed by atoms with E-state index in [1.165, 1.54) is 0 Å². The third-order valence-corrected chi connectivity index (χ3v) is 6.34. The minimum absolute atomic E-state index is 0.0283. The minimum atomic E-state index is 0.0283. The molecule has 1 aromatic heterocycles. The molecule has 2 saturated heterocycles. The van der Waals surface area contributed by atoms with Crippen molar-refractivity contribution in [2.45, 2.75) is 51.1 Å². The first-order chi connectivity index (χ1) is 15.2. The molecular formula is C24H32N4O3. The Morgan fingerprint density at radius 1 is 1.13 bits per heavy atom. The van der Waals surface area contributed by atoms with E-state index < -0.39 is 0 Å². The number of amides is 3. The molecule has 3 amide bonds. The third-order valence-electron chi connectivity index (χ3n) is 6.34. The smallest absolute Gasteiger partial charge is 0.317 e. The van der Waals surface area contributed by atoms with Crippen LogP contribution in [-0.2, 0) is 4.74 Å². The summed E-state index contributed by atoms with van der Waals surface area (Å²) in [4.78, 5) is 34.3. The molecule has 1 aromatic carbocycles. The SMILES string of the molecule is CCCNC(=O)N(C1CCOCC1)C1CCN(C(=O)c2ccc3ncccc3c2)CC1. The molecule has 0 aliphatic carbocycles. The van der Waals surface area contributed by atoms with Gasteiger partial charge in [-0.2, -0.15) is 0 Å². The molecule has 2 aliphatic heterocycles. The van der Waals surface area contributed by atoms with Crippen molar-refractivity contribution >= 4 is 22.8 Å². The number of carbonyl (C=O) groups excluding carboxylic acids is 2. The molecular weight excluding hydrogens is 392 g/mol. The van der Waals surface area contributed by atoms with Crippen LogP contribution in [0.2, 0.25) is 0 Å². The predicted octanol–water partition coefficient (Wildman–Crippen LogP) is 3.44.